The molecule has 0 unspecified atom stereocenters. The molecule has 1 aliphatic carbocycles. The van der Waals surface area contributed by atoms with Gasteiger partial charge in [0, 0.05) is 39.8 Å². The van der Waals surface area contributed by atoms with Gasteiger partial charge in [-0.3, -0.25) is 4.99 Å². The second-order valence-corrected chi connectivity index (χ2v) is 6.59. The lowest BCUT2D eigenvalue weighted by Crippen LogP contribution is -2.39. The Balaban J connectivity index is 1.28. The van der Waals surface area contributed by atoms with E-state index < -0.39 is 0 Å². The number of hydrogen-bond acceptors (Lipinski definition) is 3. The number of nitrogens with zero attached hydrogens (tertiary/aromatic N) is 1. The molecule has 3 rings (SSSR count). The van der Waals surface area contributed by atoms with Gasteiger partial charge >= 0.3 is 0 Å². The summed E-state index contributed by atoms with van der Waals surface area (Å²) in [5, 5.41) is 6.71. The molecule has 0 bridgehead atoms. The molecule has 2 N–H and O–H groups in total. The molecule has 0 amide bonds. The lowest BCUT2D eigenvalue weighted by molar-refractivity contribution is 0.123. The molecule has 0 radical (unpaired) electrons. The van der Waals surface area contributed by atoms with Crippen molar-refractivity contribution >= 4 is 5.96 Å². The first kappa shape index (κ1) is 17.1. The molecule has 5 heteroatoms. The zero-order chi connectivity index (χ0) is 16.6. The quantitative estimate of drug-likeness (QED) is 0.414. The molecule has 1 saturated carbocycles. The van der Waals surface area contributed by atoms with Gasteiger partial charge in [-0.1, -0.05) is 12.1 Å². The molecule has 5 nitrogen and oxygen atoms in total. The van der Waals surface area contributed by atoms with Gasteiger partial charge in [0.05, 0.1) is 6.61 Å². The number of ether oxygens (including phenoxy) is 2. The highest BCUT2D eigenvalue weighted by atomic mass is 16.5. The van der Waals surface area contributed by atoms with E-state index >= 15 is 0 Å². The van der Waals surface area contributed by atoms with Crippen molar-refractivity contribution in [1.29, 1.82) is 0 Å². The van der Waals surface area contributed by atoms with Crippen LogP contribution in [-0.4, -0.2) is 45.9 Å². The number of nitrogens with one attached hydrogen (secondary N) is 2. The normalized spacial score (nSPS) is 16.6. The lowest BCUT2D eigenvalue weighted by atomic mass is 10.1. The smallest absolute Gasteiger partial charge is 0.190 e. The third-order valence-corrected chi connectivity index (χ3v) is 4.49. The second-order valence-electron chi connectivity index (χ2n) is 6.59. The molecule has 132 valence electrons. The molecule has 1 aromatic rings. The summed E-state index contributed by atoms with van der Waals surface area (Å²) in [6.45, 7) is 4.35. The Labute approximate surface area is 144 Å². The van der Waals surface area contributed by atoms with Gasteiger partial charge in [-0.25, -0.2) is 0 Å². The zero-order valence-electron chi connectivity index (χ0n) is 14.6. The van der Waals surface area contributed by atoms with Crippen LogP contribution in [0.25, 0.3) is 0 Å². The highest BCUT2D eigenvalue weighted by molar-refractivity contribution is 5.79. The Morgan fingerprint density at radius 1 is 1.29 bits per heavy atom. The Bertz CT molecular complexity index is 556. The van der Waals surface area contributed by atoms with Crippen LogP contribution in [-0.2, 0) is 17.6 Å². The summed E-state index contributed by atoms with van der Waals surface area (Å²) in [7, 11) is 1.81. The fraction of sp³-hybridized carbons (Fsp3) is 0.632. The Morgan fingerprint density at radius 3 is 3.00 bits per heavy atom. The van der Waals surface area contributed by atoms with Gasteiger partial charge in [0.1, 0.15) is 5.75 Å². The molecule has 0 saturated heterocycles. The zero-order valence-corrected chi connectivity index (χ0v) is 14.6. The Hall–Kier alpha value is -1.75. The van der Waals surface area contributed by atoms with Crippen LogP contribution in [0.3, 0.4) is 0 Å². The predicted octanol–water partition coefficient (Wildman–Crippen LogP) is 2.15. The highest BCUT2D eigenvalue weighted by Gasteiger charge is 2.20. The van der Waals surface area contributed by atoms with Crippen LogP contribution < -0.4 is 15.4 Å². The van der Waals surface area contributed by atoms with Gasteiger partial charge in [0.25, 0.3) is 0 Å². The van der Waals surface area contributed by atoms with Crippen LogP contribution in [0, 0.1) is 5.92 Å². The summed E-state index contributed by atoms with van der Waals surface area (Å²) in [4.78, 5) is 4.27. The number of guanidine groups is 1. The summed E-state index contributed by atoms with van der Waals surface area (Å²) in [6, 6.07) is 6.50. The van der Waals surface area contributed by atoms with Crippen LogP contribution in [0.2, 0.25) is 0 Å². The first-order valence-electron chi connectivity index (χ1n) is 9.12. The van der Waals surface area contributed by atoms with Gasteiger partial charge in [-0.15, -0.1) is 0 Å². The molecule has 2 aliphatic rings. The van der Waals surface area contributed by atoms with Crippen molar-refractivity contribution in [3.8, 4) is 5.75 Å². The minimum atomic E-state index is 0.817. The summed E-state index contributed by atoms with van der Waals surface area (Å²) in [5.74, 6) is 2.76. The maximum Gasteiger partial charge on any atom is 0.190 e. The molecule has 24 heavy (non-hydrogen) atoms. The number of hydrogen-bond donors (Lipinski definition) is 2. The molecule has 1 aliphatic heterocycles. The Kier molecular flexibility index (Phi) is 6.35. The van der Waals surface area contributed by atoms with E-state index in [1.165, 1.54) is 24.0 Å². The number of benzene rings is 1. The van der Waals surface area contributed by atoms with E-state index in [-0.39, 0.29) is 0 Å². The second kappa shape index (κ2) is 8.92. The first-order valence-corrected chi connectivity index (χ1v) is 9.12. The van der Waals surface area contributed by atoms with Crippen LogP contribution in [0.5, 0.6) is 5.75 Å². The van der Waals surface area contributed by atoms with Crippen molar-refractivity contribution in [3.05, 3.63) is 29.3 Å². The van der Waals surface area contributed by atoms with Crippen molar-refractivity contribution in [3.63, 3.8) is 0 Å². The lowest BCUT2D eigenvalue weighted by Gasteiger charge is -2.12. The fourth-order valence-corrected chi connectivity index (χ4v) is 2.86. The standard InChI is InChI=1S/C19H29N3O2/c1-20-19(21-9-2-11-23-14-16-3-4-16)22-10-7-15-5-6-18-17(13-15)8-12-24-18/h5-6,13,16H,2-4,7-12,14H2,1H3,(H2,20,21,22). The average molecular weight is 331 g/mol. The third kappa shape index (κ3) is 5.41. The maximum absolute atomic E-state index is 5.64. The SMILES string of the molecule is CN=C(NCCCOCC1CC1)NCCc1ccc2c(c1)CCO2. The minimum absolute atomic E-state index is 0.817. The topological polar surface area (TPSA) is 54.9 Å². The van der Waals surface area contributed by atoms with Crippen LogP contribution >= 0.6 is 0 Å². The summed E-state index contributed by atoms with van der Waals surface area (Å²) < 4.78 is 11.2. The largest absolute Gasteiger partial charge is 0.493 e. The van der Waals surface area contributed by atoms with E-state index in [0.717, 1.165) is 69.8 Å². The molecule has 1 heterocycles. The summed E-state index contributed by atoms with van der Waals surface area (Å²) in [6.07, 6.45) is 5.73. The van der Waals surface area contributed by atoms with Crippen LogP contribution in [0.15, 0.2) is 23.2 Å². The van der Waals surface area contributed by atoms with E-state index in [9.17, 15) is 0 Å². The van der Waals surface area contributed by atoms with E-state index in [2.05, 4.69) is 33.8 Å². The van der Waals surface area contributed by atoms with E-state index in [0.29, 0.717) is 0 Å². The molecule has 0 spiro atoms. The van der Waals surface area contributed by atoms with Gasteiger partial charge in [0.15, 0.2) is 5.96 Å². The summed E-state index contributed by atoms with van der Waals surface area (Å²) >= 11 is 0. The maximum atomic E-state index is 5.64. The van der Waals surface area contributed by atoms with Crippen molar-refractivity contribution in [1.82, 2.24) is 10.6 Å². The molecule has 0 aromatic heterocycles. The third-order valence-electron chi connectivity index (χ3n) is 4.49. The predicted molar refractivity (Wildman–Crippen MR) is 96.9 cm³/mol. The van der Waals surface area contributed by atoms with Gasteiger partial charge in [-0.2, -0.15) is 0 Å². The number of aliphatic imine (C=N–C) groups is 1. The molecule has 1 fully saturated rings. The van der Waals surface area contributed by atoms with Gasteiger partial charge in [0.2, 0.25) is 0 Å². The minimum Gasteiger partial charge on any atom is -0.493 e. The van der Waals surface area contributed by atoms with Crippen molar-refractivity contribution < 1.29 is 9.47 Å². The van der Waals surface area contributed by atoms with Crippen molar-refractivity contribution in [2.45, 2.75) is 32.1 Å². The monoisotopic (exact) mass is 331 g/mol. The average Bonchev–Trinajstić information content (AvgIpc) is 3.31. The Morgan fingerprint density at radius 2 is 2.17 bits per heavy atom. The van der Waals surface area contributed by atoms with Gasteiger partial charge < -0.3 is 20.1 Å². The van der Waals surface area contributed by atoms with Crippen molar-refractivity contribution in [2.75, 3.05) is 40.0 Å². The van der Waals surface area contributed by atoms with Crippen LogP contribution in [0.1, 0.15) is 30.4 Å². The fourth-order valence-electron chi connectivity index (χ4n) is 2.86. The van der Waals surface area contributed by atoms with Crippen molar-refractivity contribution in [2.24, 2.45) is 10.9 Å². The molecular weight excluding hydrogens is 302 g/mol. The molecule has 1 aromatic carbocycles. The van der Waals surface area contributed by atoms with Crippen LogP contribution in [0.4, 0.5) is 0 Å². The number of fused-ring (bicyclic) bond motifs is 1. The van der Waals surface area contributed by atoms with E-state index in [4.69, 9.17) is 9.47 Å². The number of rotatable bonds is 9. The van der Waals surface area contributed by atoms with E-state index in [1.54, 1.807) is 0 Å². The molecule has 0 atom stereocenters. The highest BCUT2D eigenvalue weighted by Crippen LogP contribution is 2.28. The van der Waals surface area contributed by atoms with Gasteiger partial charge in [-0.05, 0) is 48.8 Å². The summed E-state index contributed by atoms with van der Waals surface area (Å²) in [5.41, 5.74) is 2.68. The first-order chi connectivity index (χ1) is 11.8. The molecular formula is C19H29N3O2. The van der Waals surface area contributed by atoms with E-state index in [1.807, 2.05) is 7.05 Å².